The van der Waals surface area contributed by atoms with E-state index in [2.05, 4.69) is 12.1 Å². The first-order valence-corrected chi connectivity index (χ1v) is 3.01. The second-order valence-electron chi connectivity index (χ2n) is 1.55. The van der Waals surface area contributed by atoms with Crippen LogP contribution in [0, 0.1) is 0 Å². The van der Waals surface area contributed by atoms with Crippen molar-refractivity contribution >= 4 is 6.21 Å². The summed E-state index contributed by atoms with van der Waals surface area (Å²) >= 11 is 0. The molecule has 0 fully saturated rings. The molecule has 0 spiro atoms. The van der Waals surface area contributed by atoms with E-state index in [0.717, 1.165) is 13.0 Å². The minimum Gasteiger partial charge on any atom is -0.396 e. The van der Waals surface area contributed by atoms with E-state index < -0.39 is 0 Å². The van der Waals surface area contributed by atoms with Gasteiger partial charge in [-0.2, -0.15) is 0 Å². The number of hydrogen-bond donors (Lipinski definition) is 0. The van der Waals surface area contributed by atoms with Crippen molar-refractivity contribution < 1.29 is 4.84 Å². The minimum absolute atomic E-state index is 0.751. The van der Waals surface area contributed by atoms with Gasteiger partial charge in [-0.05, 0) is 13.3 Å². The molecule has 2 nitrogen and oxygen atoms in total. The van der Waals surface area contributed by atoms with Gasteiger partial charge in [0.2, 0.25) is 0 Å². The molecule has 0 aliphatic carbocycles. The van der Waals surface area contributed by atoms with Crippen molar-refractivity contribution in [3.8, 4) is 0 Å². The van der Waals surface area contributed by atoms with Crippen molar-refractivity contribution in [3.05, 3.63) is 0 Å². The van der Waals surface area contributed by atoms with Crippen LogP contribution in [0.25, 0.3) is 0 Å². The first-order chi connectivity index (χ1) is 3.91. The zero-order chi connectivity index (χ0) is 6.24. The lowest BCUT2D eigenvalue weighted by Gasteiger charge is -1.92. The highest BCUT2D eigenvalue weighted by atomic mass is 16.6. The molecule has 0 aromatic rings. The van der Waals surface area contributed by atoms with E-state index >= 15 is 0 Å². The number of nitrogens with zero attached hydrogens (tertiary/aromatic N) is 1. The van der Waals surface area contributed by atoms with E-state index in [1.165, 1.54) is 6.42 Å². The van der Waals surface area contributed by atoms with Gasteiger partial charge in [0.25, 0.3) is 0 Å². The van der Waals surface area contributed by atoms with E-state index in [0.29, 0.717) is 0 Å². The summed E-state index contributed by atoms with van der Waals surface area (Å²) in [5, 5.41) is 3.58. The fourth-order valence-corrected chi connectivity index (χ4v) is 0.336. The van der Waals surface area contributed by atoms with Gasteiger partial charge in [-0.1, -0.05) is 18.5 Å². The first-order valence-electron chi connectivity index (χ1n) is 3.01. The predicted octanol–water partition coefficient (Wildman–Crippen LogP) is 1.81. The molecule has 0 aromatic heterocycles. The minimum atomic E-state index is 0.751. The fraction of sp³-hybridized carbons (Fsp3) is 0.833. The summed E-state index contributed by atoms with van der Waals surface area (Å²) < 4.78 is 0. The van der Waals surface area contributed by atoms with Gasteiger partial charge in [-0.3, -0.25) is 0 Å². The number of unbranched alkanes of at least 4 members (excludes halogenated alkanes) is 1. The van der Waals surface area contributed by atoms with E-state index in [4.69, 9.17) is 4.84 Å². The SMILES string of the molecule is C/C=N/OCCCC. The molecule has 0 amide bonds. The topological polar surface area (TPSA) is 21.6 Å². The lowest BCUT2D eigenvalue weighted by Crippen LogP contribution is -1.84. The number of hydrogen-bond acceptors (Lipinski definition) is 2. The molecule has 2 heteroatoms. The average molecular weight is 115 g/mol. The van der Waals surface area contributed by atoms with Gasteiger partial charge in [-0.25, -0.2) is 0 Å². The molecule has 48 valence electrons. The van der Waals surface area contributed by atoms with E-state index in [-0.39, 0.29) is 0 Å². The Kier molecular flexibility index (Phi) is 6.04. The third-order valence-corrected chi connectivity index (χ3v) is 0.769. The summed E-state index contributed by atoms with van der Waals surface area (Å²) in [4.78, 5) is 4.79. The molecule has 0 rings (SSSR count). The molecule has 0 aliphatic heterocycles. The number of rotatable bonds is 4. The average Bonchev–Trinajstić information content (AvgIpc) is 1.81. The predicted molar refractivity (Wildman–Crippen MR) is 35.0 cm³/mol. The lowest BCUT2D eigenvalue weighted by atomic mass is 10.4. The van der Waals surface area contributed by atoms with Crippen LogP contribution in [0.1, 0.15) is 26.7 Å². The van der Waals surface area contributed by atoms with E-state index in [9.17, 15) is 0 Å². The Morgan fingerprint density at radius 3 is 2.88 bits per heavy atom. The van der Waals surface area contributed by atoms with Crippen LogP contribution in [-0.2, 0) is 4.84 Å². The molecular weight excluding hydrogens is 102 g/mol. The summed E-state index contributed by atoms with van der Waals surface area (Å²) in [5.41, 5.74) is 0. The maximum atomic E-state index is 4.79. The quantitative estimate of drug-likeness (QED) is 0.311. The van der Waals surface area contributed by atoms with Gasteiger partial charge in [-0.15, -0.1) is 0 Å². The largest absolute Gasteiger partial charge is 0.396 e. The van der Waals surface area contributed by atoms with Crippen molar-refractivity contribution in [3.63, 3.8) is 0 Å². The summed E-state index contributed by atoms with van der Waals surface area (Å²) in [6.07, 6.45) is 3.91. The zero-order valence-corrected chi connectivity index (χ0v) is 5.55. The third kappa shape index (κ3) is 5.47. The van der Waals surface area contributed by atoms with E-state index in [1.54, 1.807) is 6.21 Å². The molecule has 0 radical (unpaired) electrons. The standard InChI is InChI=1S/C6H13NO/c1-3-5-6-8-7-4-2/h4H,3,5-6H2,1-2H3/b7-4+. The second kappa shape index (κ2) is 6.47. The summed E-state index contributed by atoms with van der Waals surface area (Å²) in [5.74, 6) is 0. The Morgan fingerprint density at radius 2 is 2.38 bits per heavy atom. The molecule has 8 heavy (non-hydrogen) atoms. The normalized spacial score (nSPS) is 10.2. The molecule has 0 bridgehead atoms. The third-order valence-electron chi connectivity index (χ3n) is 0.769. The van der Waals surface area contributed by atoms with Crippen LogP contribution >= 0.6 is 0 Å². The van der Waals surface area contributed by atoms with Gasteiger partial charge in [0.05, 0.1) is 0 Å². The van der Waals surface area contributed by atoms with Gasteiger partial charge in [0.15, 0.2) is 0 Å². The highest BCUT2D eigenvalue weighted by Gasteiger charge is 1.78. The van der Waals surface area contributed by atoms with Crippen LogP contribution in [0.2, 0.25) is 0 Å². The Labute approximate surface area is 50.5 Å². The summed E-state index contributed by atoms with van der Waals surface area (Å²) in [7, 11) is 0. The van der Waals surface area contributed by atoms with Crippen molar-refractivity contribution in [2.75, 3.05) is 6.61 Å². The van der Waals surface area contributed by atoms with Crippen molar-refractivity contribution in [1.29, 1.82) is 0 Å². The second-order valence-corrected chi connectivity index (χ2v) is 1.55. The molecule has 0 heterocycles. The lowest BCUT2D eigenvalue weighted by molar-refractivity contribution is 0.142. The molecule has 0 atom stereocenters. The van der Waals surface area contributed by atoms with Crippen LogP contribution in [0.4, 0.5) is 0 Å². The Balaban J connectivity index is 2.72. The maximum Gasteiger partial charge on any atom is 0.117 e. The van der Waals surface area contributed by atoms with Gasteiger partial charge >= 0.3 is 0 Å². The zero-order valence-electron chi connectivity index (χ0n) is 5.55. The van der Waals surface area contributed by atoms with Crippen molar-refractivity contribution in [1.82, 2.24) is 0 Å². The Hall–Kier alpha value is -0.530. The van der Waals surface area contributed by atoms with E-state index in [1.807, 2.05) is 6.92 Å². The van der Waals surface area contributed by atoms with Gasteiger partial charge < -0.3 is 4.84 Å². The van der Waals surface area contributed by atoms with Crippen LogP contribution in [0.3, 0.4) is 0 Å². The highest BCUT2D eigenvalue weighted by molar-refractivity contribution is 5.52. The molecule has 0 aromatic carbocycles. The van der Waals surface area contributed by atoms with Crippen molar-refractivity contribution in [2.24, 2.45) is 5.16 Å². The monoisotopic (exact) mass is 115 g/mol. The molecule has 0 aliphatic rings. The Morgan fingerprint density at radius 1 is 1.62 bits per heavy atom. The van der Waals surface area contributed by atoms with Crippen molar-refractivity contribution in [2.45, 2.75) is 26.7 Å². The molecule has 0 saturated heterocycles. The van der Waals surface area contributed by atoms with Gasteiger partial charge in [0, 0.05) is 6.21 Å². The maximum absolute atomic E-state index is 4.79. The summed E-state index contributed by atoms with van der Waals surface area (Å²) in [6, 6.07) is 0. The highest BCUT2D eigenvalue weighted by Crippen LogP contribution is 1.86. The van der Waals surface area contributed by atoms with Crippen LogP contribution < -0.4 is 0 Å². The Bertz CT molecular complexity index is 61.5. The smallest absolute Gasteiger partial charge is 0.117 e. The van der Waals surface area contributed by atoms with Gasteiger partial charge in [0.1, 0.15) is 6.61 Å². The van der Waals surface area contributed by atoms with Crippen LogP contribution in [0.5, 0.6) is 0 Å². The fourth-order valence-electron chi connectivity index (χ4n) is 0.336. The molecule has 0 unspecified atom stereocenters. The molecular formula is C6H13NO. The molecule has 0 N–H and O–H groups in total. The first kappa shape index (κ1) is 7.47. The summed E-state index contributed by atoms with van der Waals surface area (Å²) in [6.45, 7) is 4.71. The number of oxime groups is 1. The van der Waals surface area contributed by atoms with Crippen LogP contribution in [0.15, 0.2) is 5.16 Å². The van der Waals surface area contributed by atoms with Crippen LogP contribution in [-0.4, -0.2) is 12.8 Å². The molecule has 0 saturated carbocycles.